The molecule has 0 aromatic heterocycles. The van der Waals surface area contributed by atoms with Crippen molar-refractivity contribution in [1.82, 2.24) is 10.2 Å². The molecule has 0 bridgehead atoms. The lowest BCUT2D eigenvalue weighted by Gasteiger charge is -2.24. The van der Waals surface area contributed by atoms with Crippen molar-refractivity contribution in [3.05, 3.63) is 59.9 Å². The number of nitrogens with one attached hydrogen (secondary N) is 1. The van der Waals surface area contributed by atoms with Gasteiger partial charge in [0.05, 0.1) is 10.6 Å². The second-order valence-electron chi connectivity index (χ2n) is 8.26. The van der Waals surface area contributed by atoms with E-state index in [1.54, 1.807) is 12.1 Å². The van der Waals surface area contributed by atoms with Gasteiger partial charge in [-0.05, 0) is 82.2 Å². The van der Waals surface area contributed by atoms with Gasteiger partial charge in [0.25, 0.3) is 10.0 Å². The van der Waals surface area contributed by atoms with Crippen molar-refractivity contribution >= 4 is 21.6 Å². The molecule has 3 rings (SSSR count). The van der Waals surface area contributed by atoms with Crippen LogP contribution in [0.4, 0.5) is 10.1 Å². The van der Waals surface area contributed by atoms with E-state index >= 15 is 0 Å². The molecule has 0 atom stereocenters. The minimum Gasteiger partial charge on any atom is -0.354 e. The Balaban J connectivity index is 1.65. The molecule has 1 saturated heterocycles. The van der Waals surface area contributed by atoms with Gasteiger partial charge in [-0.2, -0.15) is 0 Å². The zero-order valence-corrected chi connectivity index (χ0v) is 19.4. The van der Waals surface area contributed by atoms with E-state index in [1.165, 1.54) is 62.1 Å². The molecule has 2 aromatic rings. The summed E-state index contributed by atoms with van der Waals surface area (Å²) in [6, 6.07) is 11.6. The van der Waals surface area contributed by atoms with Crippen LogP contribution in [0.25, 0.3) is 0 Å². The fourth-order valence-electron chi connectivity index (χ4n) is 3.84. The van der Waals surface area contributed by atoms with Crippen molar-refractivity contribution in [2.75, 3.05) is 37.0 Å². The monoisotopic (exact) mass is 461 g/mol. The van der Waals surface area contributed by atoms with E-state index in [-0.39, 0.29) is 23.0 Å². The Kier molecular flexibility index (Phi) is 8.64. The Morgan fingerprint density at radius 3 is 2.25 bits per heavy atom. The Morgan fingerprint density at radius 2 is 1.62 bits per heavy atom. The highest BCUT2D eigenvalue weighted by Crippen LogP contribution is 2.24. The summed E-state index contributed by atoms with van der Waals surface area (Å²) in [4.78, 5) is 15.1. The average Bonchev–Trinajstić information content (AvgIpc) is 3.05. The number of likely N-dealkylation sites (tertiary alicyclic amines) is 1. The van der Waals surface area contributed by atoms with Crippen molar-refractivity contribution in [2.45, 2.75) is 43.9 Å². The molecule has 1 amide bonds. The predicted octanol–water partition coefficient (Wildman–Crippen LogP) is 3.71. The number of aryl methyl sites for hydroxylation is 1. The third-order valence-electron chi connectivity index (χ3n) is 5.68. The van der Waals surface area contributed by atoms with E-state index in [1.807, 2.05) is 6.92 Å². The first kappa shape index (κ1) is 24.2. The molecule has 8 heteroatoms. The van der Waals surface area contributed by atoms with Crippen LogP contribution in [0.2, 0.25) is 0 Å². The maximum atomic E-state index is 13.4. The summed E-state index contributed by atoms with van der Waals surface area (Å²) >= 11 is 0. The summed E-state index contributed by atoms with van der Waals surface area (Å²) < 4.78 is 41.0. The normalized spacial score (nSPS) is 15.2. The van der Waals surface area contributed by atoms with Crippen LogP contribution in [0.5, 0.6) is 0 Å². The topological polar surface area (TPSA) is 69.7 Å². The van der Waals surface area contributed by atoms with Gasteiger partial charge < -0.3 is 10.2 Å². The van der Waals surface area contributed by atoms with Crippen molar-refractivity contribution < 1.29 is 17.6 Å². The summed E-state index contributed by atoms with van der Waals surface area (Å²) in [5.74, 6) is -0.861. The number of amides is 1. The molecule has 0 saturated carbocycles. The molecule has 0 aliphatic carbocycles. The van der Waals surface area contributed by atoms with E-state index in [2.05, 4.69) is 10.2 Å². The lowest BCUT2D eigenvalue weighted by Crippen LogP contribution is -2.41. The maximum absolute atomic E-state index is 13.4. The number of halogens is 1. The minimum atomic E-state index is -3.99. The molecule has 1 heterocycles. The van der Waals surface area contributed by atoms with Gasteiger partial charge in [-0.15, -0.1) is 0 Å². The van der Waals surface area contributed by atoms with E-state index in [0.717, 1.165) is 35.9 Å². The quantitative estimate of drug-likeness (QED) is 0.578. The first-order valence-corrected chi connectivity index (χ1v) is 12.6. The van der Waals surface area contributed by atoms with Crippen LogP contribution in [0, 0.1) is 12.7 Å². The molecule has 1 N–H and O–H groups in total. The van der Waals surface area contributed by atoms with Gasteiger partial charge in [0.2, 0.25) is 5.91 Å². The number of rotatable bonds is 9. The molecule has 1 aliphatic heterocycles. The van der Waals surface area contributed by atoms with Gasteiger partial charge in [0, 0.05) is 6.54 Å². The van der Waals surface area contributed by atoms with Gasteiger partial charge in [-0.3, -0.25) is 9.10 Å². The molecule has 2 aromatic carbocycles. The number of anilines is 1. The minimum absolute atomic E-state index is 0.0846. The molecule has 174 valence electrons. The molecular weight excluding hydrogens is 429 g/mol. The zero-order chi connectivity index (χ0) is 23.0. The predicted molar refractivity (Wildman–Crippen MR) is 125 cm³/mol. The summed E-state index contributed by atoms with van der Waals surface area (Å²) in [5, 5.41) is 2.84. The van der Waals surface area contributed by atoms with Crippen LogP contribution < -0.4 is 9.62 Å². The van der Waals surface area contributed by atoms with Crippen LogP contribution in [-0.4, -0.2) is 51.9 Å². The van der Waals surface area contributed by atoms with E-state index in [9.17, 15) is 17.6 Å². The van der Waals surface area contributed by atoms with Crippen LogP contribution in [-0.2, 0) is 14.8 Å². The largest absolute Gasteiger partial charge is 0.354 e. The highest BCUT2D eigenvalue weighted by Gasteiger charge is 2.27. The summed E-state index contributed by atoms with van der Waals surface area (Å²) in [7, 11) is -3.99. The second-order valence-corrected chi connectivity index (χ2v) is 10.1. The Hall–Kier alpha value is -2.45. The SMILES string of the molecule is Cc1ccc(S(=O)(=O)N(CC(=O)NCCCN2CCCCCC2)c2ccc(F)cc2)cc1. The van der Waals surface area contributed by atoms with E-state index < -0.39 is 15.8 Å². The highest BCUT2D eigenvalue weighted by molar-refractivity contribution is 7.92. The van der Waals surface area contributed by atoms with Crippen molar-refractivity contribution in [3.8, 4) is 0 Å². The number of benzene rings is 2. The number of nitrogens with zero attached hydrogens (tertiary/aromatic N) is 2. The van der Waals surface area contributed by atoms with Crippen LogP contribution >= 0.6 is 0 Å². The maximum Gasteiger partial charge on any atom is 0.264 e. The van der Waals surface area contributed by atoms with Crippen LogP contribution in [0.3, 0.4) is 0 Å². The lowest BCUT2D eigenvalue weighted by molar-refractivity contribution is -0.119. The van der Waals surface area contributed by atoms with Gasteiger partial charge in [0.1, 0.15) is 12.4 Å². The number of hydrogen-bond acceptors (Lipinski definition) is 4. The van der Waals surface area contributed by atoms with Crippen molar-refractivity contribution in [3.63, 3.8) is 0 Å². The smallest absolute Gasteiger partial charge is 0.264 e. The number of carbonyl (C=O) groups is 1. The molecule has 32 heavy (non-hydrogen) atoms. The third kappa shape index (κ3) is 6.77. The van der Waals surface area contributed by atoms with Gasteiger partial charge in [-0.1, -0.05) is 30.5 Å². The molecule has 1 fully saturated rings. The Bertz CT molecular complexity index is 971. The fourth-order valence-corrected chi connectivity index (χ4v) is 5.26. The van der Waals surface area contributed by atoms with Crippen molar-refractivity contribution in [2.24, 2.45) is 0 Å². The fraction of sp³-hybridized carbons (Fsp3) is 0.458. The summed E-state index contributed by atoms with van der Waals surface area (Å²) in [6.07, 6.45) is 5.81. The molecule has 0 unspecified atom stereocenters. The number of hydrogen-bond donors (Lipinski definition) is 1. The number of sulfonamides is 1. The highest BCUT2D eigenvalue weighted by atomic mass is 32.2. The van der Waals surface area contributed by atoms with Gasteiger partial charge in [-0.25, -0.2) is 12.8 Å². The van der Waals surface area contributed by atoms with Gasteiger partial charge >= 0.3 is 0 Å². The molecule has 0 radical (unpaired) electrons. The number of carbonyl (C=O) groups excluding carboxylic acids is 1. The lowest BCUT2D eigenvalue weighted by atomic mass is 10.2. The first-order chi connectivity index (χ1) is 15.4. The van der Waals surface area contributed by atoms with E-state index in [0.29, 0.717) is 6.54 Å². The third-order valence-corrected chi connectivity index (χ3v) is 7.47. The Labute approximate surface area is 190 Å². The zero-order valence-electron chi connectivity index (χ0n) is 18.6. The summed E-state index contributed by atoms with van der Waals surface area (Å²) in [6.45, 7) is 5.10. The molecule has 1 aliphatic rings. The average molecular weight is 462 g/mol. The standard InChI is InChI=1S/C24H32FN3O3S/c1-20-7-13-23(14-8-20)32(30,31)28(22-11-9-21(25)10-12-22)19-24(29)26-15-6-18-27-16-4-2-3-5-17-27/h7-14H,2-6,15-19H2,1H3,(H,26,29). The molecule has 6 nitrogen and oxygen atoms in total. The van der Waals surface area contributed by atoms with Crippen LogP contribution in [0.15, 0.2) is 53.4 Å². The molecular formula is C24H32FN3O3S. The van der Waals surface area contributed by atoms with Crippen molar-refractivity contribution in [1.29, 1.82) is 0 Å². The first-order valence-electron chi connectivity index (χ1n) is 11.2. The Morgan fingerprint density at radius 1 is 1.00 bits per heavy atom. The molecule has 0 spiro atoms. The van der Waals surface area contributed by atoms with Gasteiger partial charge in [0.15, 0.2) is 0 Å². The van der Waals surface area contributed by atoms with E-state index in [4.69, 9.17) is 0 Å². The van der Waals surface area contributed by atoms with Crippen LogP contribution in [0.1, 0.15) is 37.7 Å². The summed E-state index contributed by atoms with van der Waals surface area (Å²) in [5.41, 5.74) is 1.17. The second kappa shape index (κ2) is 11.4.